The summed E-state index contributed by atoms with van der Waals surface area (Å²) in [6.45, 7) is 3.29. The number of piperidine rings is 1. The Morgan fingerprint density at radius 3 is 2.84 bits per heavy atom. The van der Waals surface area contributed by atoms with E-state index in [1.165, 1.54) is 16.5 Å². The van der Waals surface area contributed by atoms with Gasteiger partial charge in [0.1, 0.15) is 0 Å². The predicted octanol–water partition coefficient (Wildman–Crippen LogP) is 2.07. The van der Waals surface area contributed by atoms with Crippen LogP contribution in [0, 0.1) is 0 Å². The molecule has 3 rings (SSSR count). The fourth-order valence-electron chi connectivity index (χ4n) is 2.89. The second kappa shape index (κ2) is 5.74. The van der Waals surface area contributed by atoms with Gasteiger partial charge in [-0.15, -0.1) is 0 Å². The fraction of sp³-hybridized carbons (Fsp3) is 0.467. The number of aromatic nitrogens is 1. The second-order valence-corrected chi connectivity index (χ2v) is 5.29. The van der Waals surface area contributed by atoms with Crippen LogP contribution in [0.25, 0.3) is 10.9 Å². The number of nitrogens with one attached hydrogen (secondary N) is 1. The molecule has 2 heterocycles. The number of aromatic amines is 1. The first-order valence-corrected chi connectivity index (χ1v) is 6.99. The third kappa shape index (κ3) is 2.81. The molecule has 102 valence electrons. The van der Waals surface area contributed by atoms with Gasteiger partial charge in [-0.2, -0.15) is 0 Å². The van der Waals surface area contributed by atoms with Gasteiger partial charge in [-0.25, -0.2) is 5.90 Å². The van der Waals surface area contributed by atoms with Crippen molar-refractivity contribution in [2.24, 2.45) is 5.90 Å². The number of nitrogens with zero attached hydrogens (tertiary/aromatic N) is 1. The zero-order chi connectivity index (χ0) is 13.1. The van der Waals surface area contributed by atoms with Crippen LogP contribution in [0.5, 0.6) is 0 Å². The Kier molecular flexibility index (Phi) is 3.82. The molecule has 1 saturated heterocycles. The Labute approximate surface area is 113 Å². The fourth-order valence-corrected chi connectivity index (χ4v) is 2.89. The number of nitrogens with two attached hydrogens (primary N) is 1. The van der Waals surface area contributed by atoms with Crippen LogP contribution in [0.2, 0.25) is 0 Å². The van der Waals surface area contributed by atoms with Crippen molar-refractivity contribution in [1.29, 1.82) is 0 Å². The molecule has 0 amide bonds. The molecule has 1 aromatic heterocycles. The maximum Gasteiger partial charge on any atom is 0.0811 e. The lowest BCUT2D eigenvalue weighted by atomic mass is 10.1. The molecule has 0 saturated carbocycles. The number of benzene rings is 1. The van der Waals surface area contributed by atoms with Gasteiger partial charge in [-0.1, -0.05) is 18.2 Å². The molecular formula is C15H21N3O. The molecule has 2 aromatic rings. The number of para-hydroxylation sites is 1. The van der Waals surface area contributed by atoms with Crippen LogP contribution in [-0.2, 0) is 11.3 Å². The first-order valence-electron chi connectivity index (χ1n) is 6.99. The quantitative estimate of drug-likeness (QED) is 0.826. The molecule has 1 aliphatic heterocycles. The third-order valence-corrected chi connectivity index (χ3v) is 4.10. The van der Waals surface area contributed by atoms with Gasteiger partial charge in [-0.3, -0.25) is 0 Å². The molecule has 0 unspecified atom stereocenters. The highest BCUT2D eigenvalue weighted by atomic mass is 16.6. The van der Waals surface area contributed by atoms with E-state index < -0.39 is 0 Å². The highest BCUT2D eigenvalue weighted by Gasteiger charge is 2.18. The van der Waals surface area contributed by atoms with Gasteiger partial charge in [0.05, 0.1) is 6.10 Å². The Morgan fingerprint density at radius 2 is 2.05 bits per heavy atom. The molecule has 19 heavy (non-hydrogen) atoms. The van der Waals surface area contributed by atoms with Crippen LogP contribution in [0.3, 0.4) is 0 Å². The van der Waals surface area contributed by atoms with E-state index in [4.69, 9.17) is 10.7 Å². The van der Waals surface area contributed by atoms with Gasteiger partial charge in [0.2, 0.25) is 0 Å². The van der Waals surface area contributed by atoms with E-state index in [0.29, 0.717) is 0 Å². The van der Waals surface area contributed by atoms with Crippen LogP contribution < -0.4 is 5.90 Å². The summed E-state index contributed by atoms with van der Waals surface area (Å²) >= 11 is 0. The predicted molar refractivity (Wildman–Crippen MR) is 76.7 cm³/mol. The minimum Gasteiger partial charge on any atom is -0.361 e. The normalized spacial score (nSPS) is 18.2. The van der Waals surface area contributed by atoms with E-state index >= 15 is 0 Å². The molecule has 4 heteroatoms. The number of hydrogen-bond donors (Lipinski definition) is 2. The van der Waals surface area contributed by atoms with Gasteiger partial charge >= 0.3 is 0 Å². The molecule has 1 aromatic carbocycles. The first-order chi connectivity index (χ1) is 9.36. The lowest BCUT2D eigenvalue weighted by molar-refractivity contribution is 0.00687. The Bertz CT molecular complexity index is 529. The van der Waals surface area contributed by atoms with Gasteiger partial charge in [0.15, 0.2) is 0 Å². The molecule has 0 atom stereocenters. The zero-order valence-electron chi connectivity index (χ0n) is 11.1. The summed E-state index contributed by atoms with van der Waals surface area (Å²) in [6, 6.07) is 8.49. The maximum atomic E-state index is 5.24. The van der Waals surface area contributed by atoms with E-state index in [2.05, 4.69) is 40.3 Å². The highest BCUT2D eigenvalue weighted by Crippen LogP contribution is 2.19. The summed E-state index contributed by atoms with van der Waals surface area (Å²) in [5.74, 6) is 5.24. The average molecular weight is 259 g/mol. The first kappa shape index (κ1) is 12.7. The Balaban J connectivity index is 1.58. The summed E-state index contributed by atoms with van der Waals surface area (Å²) in [7, 11) is 0. The van der Waals surface area contributed by atoms with Crippen LogP contribution in [0.15, 0.2) is 30.5 Å². The van der Waals surface area contributed by atoms with E-state index in [9.17, 15) is 0 Å². The molecular weight excluding hydrogens is 238 g/mol. The SMILES string of the molecule is NOC1CCN(CCc2c[nH]c3ccccc23)CC1. The number of H-pyrrole nitrogens is 1. The van der Waals surface area contributed by atoms with Crippen molar-refractivity contribution in [2.45, 2.75) is 25.4 Å². The standard InChI is InChI=1S/C15H21N3O/c16-19-13-6-9-18(10-7-13)8-5-12-11-17-15-4-2-1-3-14(12)15/h1-4,11,13,17H,5-10,16H2. The maximum absolute atomic E-state index is 5.24. The van der Waals surface area contributed by atoms with Crippen molar-refractivity contribution in [1.82, 2.24) is 9.88 Å². The summed E-state index contributed by atoms with van der Waals surface area (Å²) in [5.41, 5.74) is 2.64. The van der Waals surface area contributed by atoms with Crippen molar-refractivity contribution >= 4 is 10.9 Å². The lowest BCUT2D eigenvalue weighted by Gasteiger charge is -2.30. The molecule has 1 fully saturated rings. The molecule has 1 aliphatic rings. The number of fused-ring (bicyclic) bond motifs is 1. The minimum absolute atomic E-state index is 0.254. The molecule has 4 nitrogen and oxygen atoms in total. The summed E-state index contributed by atoms with van der Waals surface area (Å²) < 4.78 is 0. The number of hydrogen-bond acceptors (Lipinski definition) is 3. The summed E-state index contributed by atoms with van der Waals surface area (Å²) in [4.78, 5) is 10.8. The number of likely N-dealkylation sites (tertiary alicyclic amines) is 1. The van der Waals surface area contributed by atoms with Crippen LogP contribution in [0.4, 0.5) is 0 Å². The van der Waals surface area contributed by atoms with Crippen LogP contribution in [-0.4, -0.2) is 35.6 Å². The van der Waals surface area contributed by atoms with E-state index in [-0.39, 0.29) is 6.10 Å². The molecule has 0 radical (unpaired) electrons. The average Bonchev–Trinajstić information content (AvgIpc) is 2.89. The van der Waals surface area contributed by atoms with Crippen LogP contribution in [0.1, 0.15) is 18.4 Å². The topological polar surface area (TPSA) is 54.3 Å². The van der Waals surface area contributed by atoms with Gasteiger partial charge in [0.25, 0.3) is 0 Å². The van der Waals surface area contributed by atoms with Gasteiger partial charge < -0.3 is 14.7 Å². The van der Waals surface area contributed by atoms with Crippen molar-refractivity contribution in [2.75, 3.05) is 19.6 Å². The molecule has 0 aliphatic carbocycles. The van der Waals surface area contributed by atoms with Crippen molar-refractivity contribution in [3.63, 3.8) is 0 Å². The van der Waals surface area contributed by atoms with Crippen molar-refractivity contribution < 1.29 is 4.84 Å². The number of rotatable bonds is 4. The monoisotopic (exact) mass is 259 g/mol. The second-order valence-electron chi connectivity index (χ2n) is 5.29. The van der Waals surface area contributed by atoms with Crippen molar-refractivity contribution in [3.05, 3.63) is 36.0 Å². The lowest BCUT2D eigenvalue weighted by Crippen LogP contribution is -2.38. The molecule has 0 bridgehead atoms. The Morgan fingerprint density at radius 1 is 1.26 bits per heavy atom. The summed E-state index contributed by atoms with van der Waals surface area (Å²) in [5, 5.41) is 1.35. The molecule has 0 spiro atoms. The smallest absolute Gasteiger partial charge is 0.0811 e. The largest absolute Gasteiger partial charge is 0.361 e. The van der Waals surface area contributed by atoms with Gasteiger partial charge in [-0.05, 0) is 30.9 Å². The van der Waals surface area contributed by atoms with Crippen LogP contribution >= 0.6 is 0 Å². The molecule has 3 N–H and O–H groups in total. The van der Waals surface area contributed by atoms with Gasteiger partial charge in [0, 0.05) is 36.7 Å². The van der Waals surface area contributed by atoms with E-state index in [1.807, 2.05) is 0 Å². The Hall–Kier alpha value is -1.36. The summed E-state index contributed by atoms with van der Waals surface area (Å²) in [6.07, 6.45) is 5.58. The zero-order valence-corrected chi connectivity index (χ0v) is 11.1. The van der Waals surface area contributed by atoms with Crippen molar-refractivity contribution in [3.8, 4) is 0 Å². The van der Waals surface area contributed by atoms with E-state index in [0.717, 1.165) is 38.9 Å². The van der Waals surface area contributed by atoms with E-state index in [1.54, 1.807) is 0 Å². The third-order valence-electron chi connectivity index (χ3n) is 4.10. The highest BCUT2D eigenvalue weighted by molar-refractivity contribution is 5.83. The minimum atomic E-state index is 0.254.